The molecule has 154 valence electrons. The average Bonchev–Trinajstić information content (AvgIpc) is 2.80. The van der Waals surface area contributed by atoms with E-state index in [1.807, 2.05) is 24.3 Å². The lowest BCUT2D eigenvalue weighted by atomic mass is 10.0. The predicted octanol–water partition coefficient (Wildman–Crippen LogP) is 6.23. The van der Waals surface area contributed by atoms with Gasteiger partial charge in [0.25, 0.3) is 5.91 Å². The van der Waals surface area contributed by atoms with Crippen molar-refractivity contribution >= 4 is 45.7 Å². The fraction of sp³-hybridized carbons (Fsp3) is 0.0833. The van der Waals surface area contributed by atoms with Crippen LogP contribution >= 0.6 is 23.2 Å². The third kappa shape index (κ3) is 3.90. The number of anilines is 1. The van der Waals surface area contributed by atoms with Crippen LogP contribution in [0, 0.1) is 0 Å². The van der Waals surface area contributed by atoms with E-state index in [9.17, 15) is 4.79 Å². The van der Waals surface area contributed by atoms with E-state index in [1.165, 1.54) is 0 Å². The highest BCUT2D eigenvalue weighted by atomic mass is 35.5. The van der Waals surface area contributed by atoms with Gasteiger partial charge in [-0.25, -0.2) is 4.98 Å². The Morgan fingerprint density at radius 2 is 1.68 bits per heavy atom. The number of aromatic nitrogens is 1. The summed E-state index contributed by atoms with van der Waals surface area (Å²) in [4.78, 5) is 17.9. The van der Waals surface area contributed by atoms with Crippen molar-refractivity contribution in [2.24, 2.45) is 0 Å². The fourth-order valence-corrected chi connectivity index (χ4v) is 3.83. The number of fused-ring (bicyclic) bond motifs is 2. The molecular weight excluding hydrogens is 435 g/mol. The molecule has 1 N–H and O–H groups in total. The highest BCUT2D eigenvalue weighted by molar-refractivity contribution is 6.35. The van der Waals surface area contributed by atoms with Crippen molar-refractivity contribution in [2.45, 2.75) is 0 Å². The number of nitrogens with zero attached hydrogens (tertiary/aromatic N) is 1. The number of pyridine rings is 1. The summed E-state index contributed by atoms with van der Waals surface area (Å²) >= 11 is 12.4. The van der Waals surface area contributed by atoms with Crippen molar-refractivity contribution in [1.29, 1.82) is 0 Å². The molecule has 31 heavy (non-hydrogen) atoms. The van der Waals surface area contributed by atoms with Crippen molar-refractivity contribution in [3.05, 3.63) is 82.3 Å². The first-order valence-electron chi connectivity index (χ1n) is 9.65. The zero-order valence-electron chi connectivity index (χ0n) is 16.2. The Bertz CT molecular complexity index is 1310. The van der Waals surface area contributed by atoms with Crippen molar-refractivity contribution in [3.63, 3.8) is 0 Å². The summed E-state index contributed by atoms with van der Waals surface area (Å²) in [7, 11) is 0. The van der Waals surface area contributed by atoms with Crippen LogP contribution in [-0.2, 0) is 0 Å². The molecule has 0 unspecified atom stereocenters. The van der Waals surface area contributed by atoms with Crippen LogP contribution in [0.1, 0.15) is 10.4 Å². The Balaban J connectivity index is 1.61. The van der Waals surface area contributed by atoms with Crippen LogP contribution in [0.4, 0.5) is 5.69 Å². The van der Waals surface area contributed by atoms with Gasteiger partial charge in [0.1, 0.15) is 13.2 Å². The Morgan fingerprint density at radius 3 is 2.48 bits per heavy atom. The van der Waals surface area contributed by atoms with Crippen LogP contribution in [0.25, 0.3) is 22.2 Å². The molecule has 1 aliphatic rings. The first-order valence-corrected chi connectivity index (χ1v) is 10.4. The van der Waals surface area contributed by atoms with Gasteiger partial charge in [-0.15, -0.1) is 0 Å². The lowest BCUT2D eigenvalue weighted by Crippen LogP contribution is -2.15. The zero-order valence-corrected chi connectivity index (χ0v) is 17.7. The molecule has 1 aromatic heterocycles. The molecule has 5 rings (SSSR count). The van der Waals surface area contributed by atoms with Crippen molar-refractivity contribution < 1.29 is 14.3 Å². The van der Waals surface area contributed by atoms with E-state index < -0.39 is 0 Å². The molecule has 0 saturated heterocycles. The van der Waals surface area contributed by atoms with E-state index in [0.717, 1.165) is 5.56 Å². The molecule has 3 aromatic carbocycles. The first-order chi connectivity index (χ1) is 15.1. The van der Waals surface area contributed by atoms with E-state index in [4.69, 9.17) is 37.7 Å². The van der Waals surface area contributed by atoms with Gasteiger partial charge < -0.3 is 14.8 Å². The molecule has 0 saturated carbocycles. The third-order valence-corrected chi connectivity index (χ3v) is 5.53. The van der Waals surface area contributed by atoms with Crippen LogP contribution in [0.15, 0.2) is 66.7 Å². The molecule has 5 nitrogen and oxygen atoms in total. The minimum Gasteiger partial charge on any atom is -0.486 e. The Morgan fingerprint density at radius 1 is 0.903 bits per heavy atom. The molecule has 0 atom stereocenters. The fourth-order valence-electron chi connectivity index (χ4n) is 3.48. The van der Waals surface area contributed by atoms with E-state index in [-0.39, 0.29) is 5.91 Å². The molecule has 4 aromatic rings. The minimum atomic E-state index is -0.268. The normalized spacial score (nSPS) is 12.6. The summed E-state index contributed by atoms with van der Waals surface area (Å²) in [5.74, 6) is 1.07. The van der Waals surface area contributed by atoms with Gasteiger partial charge in [0.15, 0.2) is 11.5 Å². The predicted molar refractivity (Wildman–Crippen MR) is 123 cm³/mol. The van der Waals surface area contributed by atoms with Crippen LogP contribution in [0.3, 0.4) is 0 Å². The van der Waals surface area contributed by atoms with E-state index >= 15 is 0 Å². The summed E-state index contributed by atoms with van der Waals surface area (Å²) in [6.07, 6.45) is 0. The monoisotopic (exact) mass is 450 g/mol. The lowest BCUT2D eigenvalue weighted by molar-refractivity contribution is 0.102. The van der Waals surface area contributed by atoms with Crippen molar-refractivity contribution in [3.8, 4) is 22.8 Å². The molecular formula is C24H16Cl2N2O3. The van der Waals surface area contributed by atoms with E-state index in [2.05, 4.69) is 5.32 Å². The summed E-state index contributed by atoms with van der Waals surface area (Å²) < 4.78 is 11.3. The Hall–Kier alpha value is -3.28. The second-order valence-electron chi connectivity index (χ2n) is 7.01. The number of para-hydroxylation sites is 1. The molecule has 7 heteroatoms. The second kappa shape index (κ2) is 8.10. The second-order valence-corrected chi connectivity index (χ2v) is 7.85. The first kappa shape index (κ1) is 19.7. The quantitative estimate of drug-likeness (QED) is 0.401. The summed E-state index contributed by atoms with van der Waals surface area (Å²) in [5, 5.41) is 4.65. The van der Waals surface area contributed by atoms with Gasteiger partial charge in [-0.3, -0.25) is 4.79 Å². The summed E-state index contributed by atoms with van der Waals surface area (Å²) in [6, 6.07) is 19.7. The van der Waals surface area contributed by atoms with Gasteiger partial charge in [0.05, 0.1) is 21.8 Å². The number of hydrogen-bond donors (Lipinski definition) is 1. The van der Waals surface area contributed by atoms with Crippen LogP contribution in [0.5, 0.6) is 11.5 Å². The Kier molecular flexibility index (Phi) is 5.14. The van der Waals surface area contributed by atoms with Crippen LogP contribution < -0.4 is 14.8 Å². The molecule has 0 spiro atoms. The van der Waals surface area contributed by atoms with E-state index in [0.29, 0.717) is 62.6 Å². The van der Waals surface area contributed by atoms with Gasteiger partial charge in [-0.2, -0.15) is 0 Å². The van der Waals surface area contributed by atoms with Crippen LogP contribution in [0.2, 0.25) is 10.0 Å². The highest BCUT2D eigenvalue weighted by Gasteiger charge is 2.18. The Labute approximate surface area is 188 Å². The van der Waals surface area contributed by atoms with Gasteiger partial charge in [-0.05, 0) is 54.6 Å². The number of nitrogens with one attached hydrogen (secondary N) is 1. The van der Waals surface area contributed by atoms with Gasteiger partial charge in [0, 0.05) is 21.7 Å². The topological polar surface area (TPSA) is 60.5 Å². The number of hydrogen-bond acceptors (Lipinski definition) is 4. The molecule has 0 fully saturated rings. The SMILES string of the molecule is O=C(Nc1ccc(Cl)cc1)c1cc(-c2ccc3c(c2)OCCO3)nc2c(Cl)cccc12. The van der Waals surface area contributed by atoms with E-state index in [1.54, 1.807) is 42.5 Å². The lowest BCUT2D eigenvalue weighted by Gasteiger charge is -2.19. The number of ether oxygens (including phenoxy) is 2. The molecule has 1 aliphatic heterocycles. The minimum absolute atomic E-state index is 0.268. The zero-order chi connectivity index (χ0) is 21.4. The maximum Gasteiger partial charge on any atom is 0.256 e. The summed E-state index contributed by atoms with van der Waals surface area (Å²) in [5.41, 5.74) is 3.07. The molecule has 0 radical (unpaired) electrons. The number of amides is 1. The average molecular weight is 451 g/mol. The number of carbonyl (C=O) groups excluding carboxylic acids is 1. The molecule has 0 aliphatic carbocycles. The molecule has 2 heterocycles. The van der Waals surface area contributed by atoms with Gasteiger partial charge in [-0.1, -0.05) is 35.3 Å². The number of benzene rings is 3. The molecule has 1 amide bonds. The standard InChI is InChI=1S/C24H16Cl2N2O3/c25-15-5-7-16(8-6-15)27-24(29)18-13-20(28-23-17(18)2-1-3-19(23)26)14-4-9-21-22(12-14)31-11-10-30-21/h1-9,12-13H,10-11H2,(H,27,29). The van der Waals surface area contributed by atoms with Crippen molar-refractivity contribution in [1.82, 2.24) is 4.98 Å². The maximum absolute atomic E-state index is 13.2. The number of carbonyl (C=O) groups is 1. The summed E-state index contributed by atoms with van der Waals surface area (Å²) in [6.45, 7) is 1.01. The largest absolute Gasteiger partial charge is 0.486 e. The third-order valence-electron chi connectivity index (χ3n) is 4.97. The highest BCUT2D eigenvalue weighted by Crippen LogP contribution is 2.36. The smallest absolute Gasteiger partial charge is 0.256 e. The van der Waals surface area contributed by atoms with Crippen molar-refractivity contribution in [2.75, 3.05) is 18.5 Å². The van der Waals surface area contributed by atoms with Gasteiger partial charge in [0.2, 0.25) is 0 Å². The number of rotatable bonds is 3. The number of halogens is 2. The maximum atomic E-state index is 13.2. The van der Waals surface area contributed by atoms with Crippen LogP contribution in [-0.4, -0.2) is 24.1 Å². The van der Waals surface area contributed by atoms with Gasteiger partial charge >= 0.3 is 0 Å². The molecule has 0 bridgehead atoms.